The second-order valence-corrected chi connectivity index (χ2v) is 10.4. The number of carbonyl (C=O) groups excluding carboxylic acids is 1. The number of carbonyl (C=O) groups is 1. The summed E-state index contributed by atoms with van der Waals surface area (Å²) in [5, 5.41) is 3.03. The summed E-state index contributed by atoms with van der Waals surface area (Å²) in [5.74, 6) is 0.524. The Morgan fingerprint density at radius 3 is 2.45 bits per heavy atom. The van der Waals surface area contributed by atoms with Crippen molar-refractivity contribution in [1.29, 1.82) is 0 Å². The molecule has 1 aliphatic carbocycles. The molecule has 154 valence electrons. The molecule has 1 amide bonds. The molecule has 29 heavy (non-hydrogen) atoms. The molecule has 1 N–H and O–H groups in total. The number of amides is 1. The molecule has 1 saturated heterocycles. The first-order valence-corrected chi connectivity index (χ1v) is 11.7. The molecule has 1 saturated carbocycles. The van der Waals surface area contributed by atoms with Crippen molar-refractivity contribution in [3.05, 3.63) is 47.7 Å². The van der Waals surface area contributed by atoms with E-state index in [1.54, 1.807) is 11.8 Å². The van der Waals surface area contributed by atoms with Gasteiger partial charge in [0, 0.05) is 29.1 Å². The molecule has 0 bridgehead atoms. The van der Waals surface area contributed by atoms with Gasteiger partial charge in [-0.3, -0.25) is 4.79 Å². The zero-order valence-electron chi connectivity index (χ0n) is 17.9. The Labute approximate surface area is 178 Å². The van der Waals surface area contributed by atoms with Gasteiger partial charge >= 0.3 is 0 Å². The molecule has 4 nitrogen and oxygen atoms in total. The first kappa shape index (κ1) is 20.3. The van der Waals surface area contributed by atoms with Gasteiger partial charge in [0.2, 0.25) is 0 Å². The Morgan fingerprint density at radius 1 is 1.10 bits per heavy atom. The van der Waals surface area contributed by atoms with Gasteiger partial charge in [0.25, 0.3) is 5.91 Å². The number of rotatable bonds is 4. The van der Waals surface area contributed by atoms with Crippen LogP contribution in [0.2, 0.25) is 0 Å². The lowest BCUT2D eigenvalue weighted by molar-refractivity contribution is 0.102. The fourth-order valence-electron chi connectivity index (χ4n) is 4.10. The molecule has 1 aromatic heterocycles. The van der Waals surface area contributed by atoms with Crippen molar-refractivity contribution in [1.82, 2.24) is 4.98 Å². The standard InChI is InChI=1S/C24H31N3OS/c1-23(2,3)20-6-5-7-21(25-20)26-22(28)18-9-8-17(29-4)16-19(18)27-14-12-24(10-11-24)13-15-27/h5-9,16H,10-15H2,1-4H3,(H,25,26,28). The first-order valence-electron chi connectivity index (χ1n) is 10.5. The van der Waals surface area contributed by atoms with Crippen molar-refractivity contribution in [3.63, 3.8) is 0 Å². The number of benzene rings is 1. The van der Waals surface area contributed by atoms with Gasteiger partial charge in [-0.25, -0.2) is 4.98 Å². The van der Waals surface area contributed by atoms with Crippen molar-refractivity contribution in [3.8, 4) is 0 Å². The Kier molecular flexibility index (Phi) is 5.36. The topological polar surface area (TPSA) is 45.2 Å². The molecule has 0 radical (unpaired) electrons. The summed E-state index contributed by atoms with van der Waals surface area (Å²) in [5.41, 5.74) is 3.32. The van der Waals surface area contributed by atoms with E-state index in [-0.39, 0.29) is 11.3 Å². The summed E-state index contributed by atoms with van der Waals surface area (Å²) in [6.07, 6.45) is 7.33. The number of nitrogens with one attached hydrogen (secondary N) is 1. The fraction of sp³-hybridized carbons (Fsp3) is 0.500. The molecule has 2 aliphatic rings. The minimum atomic E-state index is -0.0853. The van der Waals surface area contributed by atoms with Crippen LogP contribution >= 0.6 is 11.8 Å². The molecule has 2 aromatic rings. The average molecular weight is 410 g/mol. The van der Waals surface area contributed by atoms with E-state index in [0.717, 1.165) is 30.0 Å². The third-order valence-corrected chi connectivity index (χ3v) is 7.06. The molecule has 2 heterocycles. The van der Waals surface area contributed by atoms with Gasteiger partial charge in [-0.2, -0.15) is 0 Å². The van der Waals surface area contributed by atoms with E-state index in [0.29, 0.717) is 11.2 Å². The Bertz CT molecular complexity index is 905. The van der Waals surface area contributed by atoms with Crippen LogP contribution in [0.3, 0.4) is 0 Å². The summed E-state index contributed by atoms with van der Waals surface area (Å²) in [6, 6.07) is 12.0. The van der Waals surface area contributed by atoms with Crippen molar-refractivity contribution >= 4 is 29.2 Å². The lowest BCUT2D eigenvalue weighted by atomic mass is 9.92. The van der Waals surface area contributed by atoms with Crippen LogP contribution in [0.15, 0.2) is 41.3 Å². The van der Waals surface area contributed by atoms with E-state index >= 15 is 0 Å². The van der Waals surface area contributed by atoms with Gasteiger partial charge in [-0.1, -0.05) is 26.8 Å². The van der Waals surface area contributed by atoms with Gasteiger partial charge in [0.1, 0.15) is 5.82 Å². The molecule has 1 aromatic carbocycles. The van der Waals surface area contributed by atoms with Crippen LogP contribution in [0.4, 0.5) is 11.5 Å². The van der Waals surface area contributed by atoms with Crippen LogP contribution < -0.4 is 10.2 Å². The highest BCUT2D eigenvalue weighted by molar-refractivity contribution is 7.98. The maximum Gasteiger partial charge on any atom is 0.258 e. The number of pyridine rings is 1. The summed E-state index contributed by atoms with van der Waals surface area (Å²) >= 11 is 1.72. The number of anilines is 2. The molecular formula is C24H31N3OS. The van der Waals surface area contributed by atoms with E-state index in [1.807, 2.05) is 30.3 Å². The number of thioether (sulfide) groups is 1. The van der Waals surface area contributed by atoms with Crippen molar-refractivity contribution < 1.29 is 4.79 Å². The van der Waals surface area contributed by atoms with Gasteiger partial charge in [-0.15, -0.1) is 11.8 Å². The van der Waals surface area contributed by atoms with E-state index in [1.165, 1.54) is 30.6 Å². The second kappa shape index (κ2) is 7.67. The second-order valence-electron chi connectivity index (χ2n) is 9.48. The molecule has 2 fully saturated rings. The Morgan fingerprint density at radius 2 is 1.83 bits per heavy atom. The predicted octanol–water partition coefficient (Wildman–Crippen LogP) is 5.73. The SMILES string of the molecule is CSc1ccc(C(=O)Nc2cccc(C(C)(C)C)n2)c(N2CCC3(CC2)CC3)c1. The van der Waals surface area contributed by atoms with E-state index < -0.39 is 0 Å². The lowest BCUT2D eigenvalue weighted by Crippen LogP contribution is -2.35. The zero-order valence-corrected chi connectivity index (χ0v) is 18.7. The van der Waals surface area contributed by atoms with E-state index in [9.17, 15) is 4.79 Å². The number of hydrogen-bond donors (Lipinski definition) is 1. The summed E-state index contributed by atoms with van der Waals surface area (Å²) in [4.78, 5) is 21.4. The average Bonchev–Trinajstić information content (AvgIpc) is 3.46. The summed E-state index contributed by atoms with van der Waals surface area (Å²) in [7, 11) is 0. The number of aromatic nitrogens is 1. The highest BCUT2D eigenvalue weighted by Crippen LogP contribution is 2.54. The van der Waals surface area contributed by atoms with E-state index in [2.05, 4.69) is 48.3 Å². The third-order valence-electron chi connectivity index (χ3n) is 6.33. The quantitative estimate of drug-likeness (QED) is 0.655. The van der Waals surface area contributed by atoms with Gasteiger partial charge in [0.05, 0.1) is 11.3 Å². The third kappa shape index (κ3) is 4.45. The normalized spacial score (nSPS) is 18.0. The molecule has 5 heteroatoms. The van der Waals surface area contributed by atoms with Crippen LogP contribution in [0.1, 0.15) is 62.5 Å². The zero-order chi connectivity index (χ0) is 20.6. The lowest BCUT2D eigenvalue weighted by Gasteiger charge is -2.35. The minimum Gasteiger partial charge on any atom is -0.371 e. The van der Waals surface area contributed by atoms with Crippen LogP contribution in [-0.4, -0.2) is 30.2 Å². The maximum absolute atomic E-state index is 13.2. The van der Waals surface area contributed by atoms with Crippen LogP contribution in [0, 0.1) is 5.41 Å². The Hall–Kier alpha value is -2.01. The molecule has 0 unspecified atom stereocenters. The fourth-order valence-corrected chi connectivity index (χ4v) is 4.53. The largest absolute Gasteiger partial charge is 0.371 e. The van der Waals surface area contributed by atoms with Crippen molar-refractivity contribution in [2.75, 3.05) is 29.6 Å². The van der Waals surface area contributed by atoms with E-state index in [4.69, 9.17) is 0 Å². The van der Waals surface area contributed by atoms with Crippen molar-refractivity contribution in [2.45, 2.75) is 56.8 Å². The summed E-state index contributed by atoms with van der Waals surface area (Å²) in [6.45, 7) is 8.46. The van der Waals surface area contributed by atoms with Gasteiger partial charge in [-0.05, 0) is 67.7 Å². The minimum absolute atomic E-state index is 0.0571. The van der Waals surface area contributed by atoms with Crippen LogP contribution in [-0.2, 0) is 5.41 Å². The number of piperidine rings is 1. The molecule has 1 aliphatic heterocycles. The maximum atomic E-state index is 13.2. The summed E-state index contributed by atoms with van der Waals surface area (Å²) < 4.78 is 0. The van der Waals surface area contributed by atoms with Crippen LogP contribution in [0.5, 0.6) is 0 Å². The highest BCUT2D eigenvalue weighted by Gasteiger charge is 2.44. The molecule has 0 atom stereocenters. The smallest absolute Gasteiger partial charge is 0.258 e. The monoisotopic (exact) mass is 409 g/mol. The first-order chi connectivity index (χ1) is 13.8. The van der Waals surface area contributed by atoms with Gasteiger partial charge in [0.15, 0.2) is 0 Å². The Balaban J connectivity index is 1.58. The molecular weight excluding hydrogens is 378 g/mol. The predicted molar refractivity (Wildman–Crippen MR) is 122 cm³/mol. The van der Waals surface area contributed by atoms with Gasteiger partial charge < -0.3 is 10.2 Å². The molecule has 1 spiro atoms. The molecule has 4 rings (SSSR count). The highest BCUT2D eigenvalue weighted by atomic mass is 32.2. The van der Waals surface area contributed by atoms with Crippen LogP contribution in [0.25, 0.3) is 0 Å². The number of nitrogens with zero attached hydrogens (tertiary/aromatic N) is 2. The number of hydrogen-bond acceptors (Lipinski definition) is 4. The van der Waals surface area contributed by atoms with Crippen molar-refractivity contribution in [2.24, 2.45) is 5.41 Å².